The van der Waals surface area contributed by atoms with Crippen molar-refractivity contribution in [2.24, 2.45) is 0 Å². The number of fused-ring (bicyclic) bond motifs is 2. The van der Waals surface area contributed by atoms with Crippen molar-refractivity contribution in [3.05, 3.63) is 53.6 Å². The van der Waals surface area contributed by atoms with Gasteiger partial charge in [-0.15, -0.1) is 0 Å². The summed E-state index contributed by atoms with van der Waals surface area (Å²) in [6.45, 7) is 2.34. The van der Waals surface area contributed by atoms with Gasteiger partial charge in [-0.25, -0.2) is 8.42 Å². The third kappa shape index (κ3) is 3.54. The number of hydrogen-bond donors (Lipinski definition) is 2. The van der Waals surface area contributed by atoms with E-state index in [1.165, 1.54) is 15.4 Å². The second-order valence-corrected chi connectivity index (χ2v) is 9.83. The van der Waals surface area contributed by atoms with Crippen molar-refractivity contribution in [2.75, 3.05) is 35.0 Å². The van der Waals surface area contributed by atoms with Crippen molar-refractivity contribution in [1.82, 2.24) is 15.1 Å². The molecule has 0 bridgehead atoms. The van der Waals surface area contributed by atoms with Crippen molar-refractivity contribution in [2.45, 2.75) is 19.4 Å². The zero-order chi connectivity index (χ0) is 20.7. The molecule has 3 heterocycles. The Morgan fingerprint density at radius 2 is 1.97 bits per heavy atom. The molecule has 0 saturated carbocycles. The average Bonchev–Trinajstić information content (AvgIpc) is 3.29. The lowest BCUT2D eigenvalue weighted by atomic mass is 10.00. The highest BCUT2D eigenvalue weighted by molar-refractivity contribution is 7.93. The molecule has 2 aliphatic heterocycles. The van der Waals surface area contributed by atoms with E-state index in [0.717, 1.165) is 25.0 Å². The molecule has 1 amide bonds. The largest absolute Gasteiger partial charge is 0.308 e. The molecule has 1 aromatic heterocycles. The monoisotopic (exact) mass is 425 g/mol. The van der Waals surface area contributed by atoms with Gasteiger partial charge < -0.3 is 5.32 Å². The highest BCUT2D eigenvalue weighted by atomic mass is 32.2. The molecule has 1 saturated heterocycles. The van der Waals surface area contributed by atoms with E-state index in [4.69, 9.17) is 0 Å². The van der Waals surface area contributed by atoms with E-state index in [-0.39, 0.29) is 18.2 Å². The number of sulfonamides is 1. The standard InChI is InChI=1S/C21H23N5O3S/c27-20(14-25-10-8-15-4-1-2-5-16(15)13-25)22-21-18-12-17(6-7-19(18)23-24-21)26-9-3-11-30(26,28)29/h1-2,4-7,12H,3,8-11,13-14H2,(H2,22,23,24,27). The van der Waals surface area contributed by atoms with Gasteiger partial charge in [0.05, 0.1) is 23.5 Å². The quantitative estimate of drug-likeness (QED) is 0.667. The lowest BCUT2D eigenvalue weighted by Crippen LogP contribution is -2.37. The van der Waals surface area contributed by atoms with Crippen LogP contribution in [0.5, 0.6) is 0 Å². The van der Waals surface area contributed by atoms with Crippen LogP contribution in [0.1, 0.15) is 17.5 Å². The molecule has 3 aromatic rings. The molecule has 0 unspecified atom stereocenters. The van der Waals surface area contributed by atoms with Crippen LogP contribution in [0.15, 0.2) is 42.5 Å². The first-order valence-electron chi connectivity index (χ1n) is 10.1. The maximum absolute atomic E-state index is 12.7. The van der Waals surface area contributed by atoms with Gasteiger partial charge in [-0.1, -0.05) is 24.3 Å². The highest BCUT2D eigenvalue weighted by Gasteiger charge is 2.29. The number of anilines is 2. The molecule has 30 heavy (non-hydrogen) atoms. The second kappa shape index (κ2) is 7.41. The van der Waals surface area contributed by atoms with Crippen LogP contribution in [-0.4, -0.2) is 54.8 Å². The topological polar surface area (TPSA) is 98.4 Å². The summed E-state index contributed by atoms with van der Waals surface area (Å²) in [5.74, 6) is 0.451. The van der Waals surface area contributed by atoms with Gasteiger partial charge in [0.25, 0.3) is 0 Å². The third-order valence-corrected chi connectivity index (χ3v) is 7.64. The molecule has 0 spiro atoms. The van der Waals surface area contributed by atoms with Gasteiger partial charge in [-0.3, -0.25) is 19.1 Å². The van der Waals surface area contributed by atoms with E-state index >= 15 is 0 Å². The predicted octanol–water partition coefficient (Wildman–Crippen LogP) is 2.10. The molecule has 2 aromatic carbocycles. The Hall–Kier alpha value is -2.91. The third-order valence-electron chi connectivity index (χ3n) is 5.77. The Labute approximate surface area is 174 Å². The van der Waals surface area contributed by atoms with Crippen LogP contribution in [-0.2, 0) is 27.8 Å². The van der Waals surface area contributed by atoms with Crippen LogP contribution in [0.2, 0.25) is 0 Å². The molecule has 2 aliphatic rings. The average molecular weight is 426 g/mol. The molecule has 1 fully saturated rings. The maximum Gasteiger partial charge on any atom is 0.239 e. The van der Waals surface area contributed by atoms with Gasteiger partial charge in [0, 0.05) is 25.0 Å². The van der Waals surface area contributed by atoms with Crippen LogP contribution in [0.3, 0.4) is 0 Å². The first kappa shape index (κ1) is 19.1. The predicted molar refractivity (Wildman–Crippen MR) is 116 cm³/mol. The molecular weight excluding hydrogens is 402 g/mol. The summed E-state index contributed by atoms with van der Waals surface area (Å²) in [6.07, 6.45) is 1.55. The number of hydrogen-bond acceptors (Lipinski definition) is 5. The number of carbonyl (C=O) groups is 1. The number of aromatic amines is 1. The van der Waals surface area contributed by atoms with E-state index in [1.54, 1.807) is 18.2 Å². The summed E-state index contributed by atoms with van der Waals surface area (Å²) in [4.78, 5) is 14.8. The number of rotatable bonds is 4. The second-order valence-electron chi connectivity index (χ2n) is 7.82. The first-order chi connectivity index (χ1) is 14.5. The van der Waals surface area contributed by atoms with E-state index in [2.05, 4.69) is 32.5 Å². The molecule has 5 rings (SSSR count). The Morgan fingerprint density at radius 1 is 1.13 bits per heavy atom. The molecule has 9 heteroatoms. The number of aromatic nitrogens is 2. The fourth-order valence-electron chi connectivity index (χ4n) is 4.25. The first-order valence-corrected chi connectivity index (χ1v) is 11.7. The van der Waals surface area contributed by atoms with E-state index < -0.39 is 10.0 Å². The number of carbonyl (C=O) groups excluding carboxylic acids is 1. The summed E-state index contributed by atoms with van der Waals surface area (Å²) in [6, 6.07) is 13.6. The van der Waals surface area contributed by atoms with Gasteiger partial charge in [-0.2, -0.15) is 5.10 Å². The highest BCUT2D eigenvalue weighted by Crippen LogP contribution is 2.30. The molecule has 156 valence electrons. The minimum atomic E-state index is -3.26. The van der Waals surface area contributed by atoms with Gasteiger partial charge in [0.2, 0.25) is 15.9 Å². The summed E-state index contributed by atoms with van der Waals surface area (Å²) in [5.41, 5.74) is 3.96. The Morgan fingerprint density at radius 3 is 2.77 bits per heavy atom. The molecule has 2 N–H and O–H groups in total. The van der Waals surface area contributed by atoms with E-state index in [0.29, 0.717) is 29.9 Å². The number of nitrogens with one attached hydrogen (secondary N) is 2. The van der Waals surface area contributed by atoms with Gasteiger partial charge >= 0.3 is 0 Å². The molecule has 0 aliphatic carbocycles. The number of H-pyrrole nitrogens is 1. The van der Waals surface area contributed by atoms with Crippen LogP contribution >= 0.6 is 0 Å². The van der Waals surface area contributed by atoms with E-state index in [9.17, 15) is 13.2 Å². The lowest BCUT2D eigenvalue weighted by molar-refractivity contribution is -0.117. The van der Waals surface area contributed by atoms with Gasteiger partial charge in [0.1, 0.15) is 0 Å². The zero-order valence-electron chi connectivity index (χ0n) is 16.5. The number of nitrogens with zero attached hydrogens (tertiary/aromatic N) is 3. The fourth-order valence-corrected chi connectivity index (χ4v) is 5.80. The van der Waals surface area contributed by atoms with Crippen molar-refractivity contribution in [3.8, 4) is 0 Å². The minimum absolute atomic E-state index is 0.137. The zero-order valence-corrected chi connectivity index (χ0v) is 17.3. The van der Waals surface area contributed by atoms with Crippen molar-refractivity contribution in [1.29, 1.82) is 0 Å². The molecule has 0 radical (unpaired) electrons. The fraction of sp³-hybridized carbons (Fsp3) is 0.333. The van der Waals surface area contributed by atoms with Crippen LogP contribution in [0.25, 0.3) is 10.9 Å². The molecule has 8 nitrogen and oxygen atoms in total. The SMILES string of the molecule is O=C(CN1CCc2ccccc2C1)Nc1n[nH]c2ccc(N3CCCS3(=O)=O)cc12. The normalized spacial score (nSPS) is 18.5. The Balaban J connectivity index is 1.32. The number of amides is 1. The van der Waals surface area contributed by atoms with Gasteiger partial charge in [-0.05, 0) is 42.2 Å². The van der Waals surface area contributed by atoms with Crippen LogP contribution < -0.4 is 9.62 Å². The Bertz CT molecular complexity index is 1220. The van der Waals surface area contributed by atoms with Gasteiger partial charge in [0.15, 0.2) is 5.82 Å². The number of benzene rings is 2. The lowest BCUT2D eigenvalue weighted by Gasteiger charge is -2.27. The maximum atomic E-state index is 12.7. The molecular formula is C21H23N5O3S. The summed E-state index contributed by atoms with van der Waals surface area (Å²) in [5, 5.41) is 10.7. The summed E-state index contributed by atoms with van der Waals surface area (Å²) < 4.78 is 25.9. The Kier molecular flexibility index (Phi) is 4.71. The van der Waals surface area contributed by atoms with Crippen molar-refractivity contribution < 1.29 is 13.2 Å². The van der Waals surface area contributed by atoms with Crippen molar-refractivity contribution >= 4 is 38.3 Å². The summed E-state index contributed by atoms with van der Waals surface area (Å²) in [7, 11) is -3.26. The van der Waals surface area contributed by atoms with Crippen LogP contribution in [0, 0.1) is 0 Å². The minimum Gasteiger partial charge on any atom is -0.308 e. The van der Waals surface area contributed by atoms with Crippen LogP contribution in [0.4, 0.5) is 11.5 Å². The van der Waals surface area contributed by atoms with E-state index in [1.807, 2.05) is 12.1 Å². The van der Waals surface area contributed by atoms with Crippen molar-refractivity contribution in [3.63, 3.8) is 0 Å². The smallest absolute Gasteiger partial charge is 0.239 e. The molecule has 0 atom stereocenters. The summed E-state index contributed by atoms with van der Waals surface area (Å²) >= 11 is 0.